The minimum Gasteiger partial charge on any atom is -0.469 e. The number of carbonyl (C=O) groups is 1. The predicted octanol–water partition coefficient (Wildman–Crippen LogP) is 3.32. The van der Waals surface area contributed by atoms with E-state index < -0.39 is 0 Å². The maximum absolute atomic E-state index is 11.9. The van der Waals surface area contributed by atoms with Crippen molar-refractivity contribution in [2.75, 3.05) is 33.8 Å². The Bertz CT molecular complexity index is 809. The zero-order valence-electron chi connectivity index (χ0n) is 16.1. The van der Waals surface area contributed by atoms with Crippen molar-refractivity contribution in [3.05, 3.63) is 48.0 Å². The van der Waals surface area contributed by atoms with E-state index in [4.69, 9.17) is 4.74 Å². The molecule has 0 saturated carbocycles. The number of nitrogens with zero attached hydrogens (tertiary/aromatic N) is 2. The van der Waals surface area contributed by atoms with E-state index in [1.54, 1.807) is 7.05 Å². The smallest absolute Gasteiger partial charge is 0.310 e. The van der Waals surface area contributed by atoms with Gasteiger partial charge in [0.25, 0.3) is 0 Å². The molecule has 0 spiro atoms. The summed E-state index contributed by atoms with van der Waals surface area (Å²) in [6, 6.07) is 15.0. The average Bonchev–Trinajstić information content (AvgIpc) is 3.06. The summed E-state index contributed by atoms with van der Waals surface area (Å²) in [6.07, 6.45) is 0.924. The predicted molar refractivity (Wildman–Crippen MR) is 121 cm³/mol. The Labute approximate surface area is 178 Å². The number of hydrogen-bond acceptors (Lipinski definition) is 3. The molecule has 0 amide bonds. The molecule has 0 radical (unpaired) electrons. The van der Waals surface area contributed by atoms with Crippen LogP contribution in [0.1, 0.15) is 12.5 Å². The van der Waals surface area contributed by atoms with Gasteiger partial charge in [0.15, 0.2) is 5.96 Å². The topological polar surface area (TPSA) is 53.9 Å². The highest BCUT2D eigenvalue weighted by Crippen LogP contribution is 2.24. The first kappa shape index (κ1) is 21.5. The van der Waals surface area contributed by atoms with Crippen molar-refractivity contribution in [3.8, 4) is 0 Å². The van der Waals surface area contributed by atoms with Gasteiger partial charge < -0.3 is 15.0 Å². The third-order valence-corrected chi connectivity index (χ3v) is 5.14. The SMILES string of the molecule is CN=C(NCCc1ccc2ccccc2c1)N1CC(C)C(C(=O)OC)C1.I. The van der Waals surface area contributed by atoms with E-state index in [-0.39, 0.29) is 41.8 Å². The molecule has 0 bridgehead atoms. The lowest BCUT2D eigenvalue weighted by molar-refractivity contribution is -0.145. The van der Waals surface area contributed by atoms with Gasteiger partial charge in [-0.3, -0.25) is 9.79 Å². The Hall–Kier alpha value is -1.83. The molecule has 1 saturated heterocycles. The molecule has 1 fully saturated rings. The molecule has 2 aromatic carbocycles. The van der Waals surface area contributed by atoms with Gasteiger partial charge in [-0.15, -0.1) is 24.0 Å². The molecule has 1 aliphatic rings. The molecule has 0 aliphatic carbocycles. The van der Waals surface area contributed by atoms with Crippen LogP contribution in [0.25, 0.3) is 10.8 Å². The first-order valence-electron chi connectivity index (χ1n) is 9.13. The Kier molecular flexibility index (Phi) is 7.89. The number of likely N-dealkylation sites (tertiary alicyclic amines) is 1. The van der Waals surface area contributed by atoms with Gasteiger partial charge in [-0.05, 0) is 28.7 Å². The number of fused-ring (bicyclic) bond motifs is 1. The summed E-state index contributed by atoms with van der Waals surface area (Å²) < 4.78 is 4.91. The van der Waals surface area contributed by atoms with Crippen LogP contribution in [0, 0.1) is 11.8 Å². The molecule has 146 valence electrons. The van der Waals surface area contributed by atoms with Gasteiger partial charge in [0.2, 0.25) is 0 Å². The quantitative estimate of drug-likeness (QED) is 0.315. The van der Waals surface area contributed by atoms with Crippen LogP contribution < -0.4 is 5.32 Å². The Morgan fingerprint density at radius 1 is 1.22 bits per heavy atom. The second kappa shape index (κ2) is 9.92. The van der Waals surface area contributed by atoms with Crippen LogP contribution in [0.4, 0.5) is 0 Å². The second-order valence-corrected chi connectivity index (χ2v) is 6.92. The highest BCUT2D eigenvalue weighted by atomic mass is 127. The van der Waals surface area contributed by atoms with Crippen LogP contribution in [-0.2, 0) is 16.0 Å². The molecule has 3 rings (SSSR count). The first-order chi connectivity index (χ1) is 12.6. The van der Waals surface area contributed by atoms with Gasteiger partial charge >= 0.3 is 5.97 Å². The number of rotatable bonds is 4. The number of hydrogen-bond donors (Lipinski definition) is 1. The highest BCUT2D eigenvalue weighted by Gasteiger charge is 2.36. The number of nitrogens with one attached hydrogen (secondary N) is 1. The van der Waals surface area contributed by atoms with Crippen molar-refractivity contribution in [3.63, 3.8) is 0 Å². The van der Waals surface area contributed by atoms with Crippen LogP contribution in [-0.4, -0.2) is 50.6 Å². The number of ether oxygens (including phenoxy) is 1. The van der Waals surface area contributed by atoms with E-state index in [0.29, 0.717) is 6.54 Å². The molecule has 2 unspecified atom stereocenters. The van der Waals surface area contributed by atoms with Gasteiger partial charge in [-0.25, -0.2) is 0 Å². The number of guanidine groups is 1. The maximum atomic E-state index is 11.9. The van der Waals surface area contributed by atoms with Gasteiger partial charge in [-0.2, -0.15) is 0 Å². The number of methoxy groups -OCH3 is 1. The Morgan fingerprint density at radius 3 is 2.67 bits per heavy atom. The van der Waals surface area contributed by atoms with Crippen LogP contribution in [0.2, 0.25) is 0 Å². The number of aliphatic imine (C=N–C) groups is 1. The fourth-order valence-corrected chi connectivity index (χ4v) is 3.64. The molecule has 6 heteroatoms. The molecular weight excluding hydrogens is 453 g/mol. The van der Waals surface area contributed by atoms with Crippen LogP contribution in [0.5, 0.6) is 0 Å². The summed E-state index contributed by atoms with van der Waals surface area (Å²) in [5.41, 5.74) is 1.30. The van der Waals surface area contributed by atoms with Crippen molar-refractivity contribution < 1.29 is 9.53 Å². The number of benzene rings is 2. The highest BCUT2D eigenvalue weighted by molar-refractivity contribution is 14.0. The van der Waals surface area contributed by atoms with E-state index in [1.807, 2.05) is 0 Å². The summed E-state index contributed by atoms with van der Waals surface area (Å²) in [4.78, 5) is 18.4. The molecular formula is C21H28IN3O2. The van der Waals surface area contributed by atoms with Gasteiger partial charge in [0, 0.05) is 26.7 Å². The molecule has 2 atom stereocenters. The zero-order valence-corrected chi connectivity index (χ0v) is 18.5. The van der Waals surface area contributed by atoms with Crippen molar-refractivity contribution >= 4 is 46.7 Å². The third kappa shape index (κ3) is 5.12. The standard InChI is InChI=1S/C21H27N3O2.HI/c1-15-13-24(14-19(15)20(25)26-3)21(22-2)23-11-10-16-8-9-17-6-4-5-7-18(17)12-16;/h4-9,12,15,19H,10-11,13-14H2,1-3H3,(H,22,23);1H. The molecule has 1 heterocycles. The van der Waals surface area contributed by atoms with Crippen LogP contribution >= 0.6 is 24.0 Å². The second-order valence-electron chi connectivity index (χ2n) is 6.92. The van der Waals surface area contributed by atoms with Crippen molar-refractivity contribution in [1.82, 2.24) is 10.2 Å². The molecule has 1 N–H and O–H groups in total. The summed E-state index contributed by atoms with van der Waals surface area (Å²) in [6.45, 7) is 4.36. The van der Waals surface area contributed by atoms with E-state index >= 15 is 0 Å². The largest absolute Gasteiger partial charge is 0.469 e. The van der Waals surface area contributed by atoms with E-state index in [1.165, 1.54) is 23.4 Å². The van der Waals surface area contributed by atoms with Crippen molar-refractivity contribution in [1.29, 1.82) is 0 Å². The molecule has 1 aliphatic heterocycles. The van der Waals surface area contributed by atoms with Crippen LogP contribution in [0.15, 0.2) is 47.5 Å². The zero-order chi connectivity index (χ0) is 18.5. The minimum atomic E-state index is -0.133. The summed E-state index contributed by atoms with van der Waals surface area (Å²) in [7, 11) is 3.24. The average molecular weight is 481 g/mol. The Morgan fingerprint density at radius 2 is 1.96 bits per heavy atom. The Balaban J connectivity index is 0.00000261. The summed E-state index contributed by atoms with van der Waals surface area (Å²) >= 11 is 0. The van der Waals surface area contributed by atoms with E-state index in [0.717, 1.165) is 25.5 Å². The van der Waals surface area contributed by atoms with Gasteiger partial charge in [0.1, 0.15) is 0 Å². The summed E-state index contributed by atoms with van der Waals surface area (Å²) in [5, 5.41) is 5.96. The number of esters is 1. The lowest BCUT2D eigenvalue weighted by Gasteiger charge is -2.21. The summed E-state index contributed by atoms with van der Waals surface area (Å²) in [5.74, 6) is 0.899. The van der Waals surface area contributed by atoms with Gasteiger partial charge in [-0.1, -0.05) is 49.4 Å². The van der Waals surface area contributed by atoms with Crippen molar-refractivity contribution in [2.24, 2.45) is 16.8 Å². The molecule has 5 nitrogen and oxygen atoms in total. The number of carbonyl (C=O) groups excluding carboxylic acids is 1. The maximum Gasteiger partial charge on any atom is 0.310 e. The third-order valence-electron chi connectivity index (χ3n) is 5.14. The fourth-order valence-electron chi connectivity index (χ4n) is 3.64. The van der Waals surface area contributed by atoms with Crippen LogP contribution in [0.3, 0.4) is 0 Å². The fraction of sp³-hybridized carbons (Fsp3) is 0.429. The van der Waals surface area contributed by atoms with E-state index in [9.17, 15) is 4.79 Å². The lowest BCUT2D eigenvalue weighted by Crippen LogP contribution is -2.41. The first-order valence-corrected chi connectivity index (χ1v) is 9.13. The molecule has 0 aromatic heterocycles. The van der Waals surface area contributed by atoms with E-state index in [2.05, 4.69) is 64.6 Å². The minimum absolute atomic E-state index is 0. The monoisotopic (exact) mass is 481 g/mol. The lowest BCUT2D eigenvalue weighted by atomic mass is 9.99. The molecule has 2 aromatic rings. The van der Waals surface area contributed by atoms with Gasteiger partial charge in [0.05, 0.1) is 13.0 Å². The number of halogens is 1. The normalized spacial score (nSPS) is 19.7. The molecule has 27 heavy (non-hydrogen) atoms. The van der Waals surface area contributed by atoms with Crippen molar-refractivity contribution in [2.45, 2.75) is 13.3 Å².